The zero-order chi connectivity index (χ0) is 8.97. The molecule has 0 aliphatic rings. The van der Waals surface area contributed by atoms with Crippen LogP contribution in [-0.4, -0.2) is 11.9 Å². The Morgan fingerprint density at radius 2 is 2.25 bits per heavy atom. The van der Waals surface area contributed by atoms with Crippen molar-refractivity contribution in [2.24, 2.45) is 0 Å². The zero-order valence-corrected chi connectivity index (χ0v) is 8.40. The predicted molar refractivity (Wildman–Crippen MR) is 50.4 cm³/mol. The van der Waals surface area contributed by atoms with Gasteiger partial charge >= 0.3 is 0 Å². The molecule has 0 aromatic heterocycles. The molecule has 0 amide bonds. The number of hydrogen-bond donors (Lipinski definition) is 0. The molecule has 1 nitrogen and oxygen atoms in total. The van der Waals surface area contributed by atoms with E-state index in [0.29, 0.717) is 12.4 Å². The smallest absolute Gasteiger partial charge is 0.126 e. The second-order valence-corrected chi connectivity index (χ2v) is 3.24. The summed E-state index contributed by atoms with van der Waals surface area (Å²) in [5, 5.41) is 0.753. The Kier molecular flexibility index (Phi) is 3.53. The molecule has 0 fully saturated rings. The van der Waals surface area contributed by atoms with E-state index in [1.165, 1.54) is 12.1 Å². The third-order valence-electron chi connectivity index (χ3n) is 1.48. The van der Waals surface area contributed by atoms with E-state index in [4.69, 9.17) is 4.74 Å². The van der Waals surface area contributed by atoms with Crippen molar-refractivity contribution in [1.29, 1.82) is 0 Å². The molecule has 0 aliphatic heterocycles. The van der Waals surface area contributed by atoms with Crippen molar-refractivity contribution in [3.8, 4) is 5.75 Å². The molecule has 0 bridgehead atoms. The van der Waals surface area contributed by atoms with Crippen LogP contribution in [0.25, 0.3) is 0 Å². The van der Waals surface area contributed by atoms with Crippen LogP contribution in [0, 0.1) is 12.7 Å². The van der Waals surface area contributed by atoms with E-state index >= 15 is 0 Å². The van der Waals surface area contributed by atoms with E-state index in [2.05, 4.69) is 15.9 Å². The van der Waals surface area contributed by atoms with Crippen molar-refractivity contribution in [2.75, 3.05) is 11.9 Å². The van der Waals surface area contributed by atoms with Crippen LogP contribution in [0.2, 0.25) is 0 Å². The second kappa shape index (κ2) is 4.45. The fourth-order valence-corrected chi connectivity index (χ4v) is 1.04. The maximum Gasteiger partial charge on any atom is 0.126 e. The first-order valence-electron chi connectivity index (χ1n) is 3.69. The van der Waals surface area contributed by atoms with Gasteiger partial charge in [0, 0.05) is 11.4 Å². The molecule has 12 heavy (non-hydrogen) atoms. The number of halogens is 2. The fraction of sp³-hybridized carbons (Fsp3) is 0.333. The van der Waals surface area contributed by atoms with Crippen LogP contribution in [0.3, 0.4) is 0 Å². The molecule has 0 spiro atoms. The van der Waals surface area contributed by atoms with Gasteiger partial charge in [0.05, 0.1) is 6.61 Å². The van der Waals surface area contributed by atoms with Crippen molar-refractivity contribution >= 4 is 15.9 Å². The highest BCUT2D eigenvalue weighted by atomic mass is 79.9. The average Bonchev–Trinajstić information content (AvgIpc) is 2.07. The number of benzene rings is 1. The van der Waals surface area contributed by atoms with Crippen molar-refractivity contribution < 1.29 is 9.13 Å². The lowest BCUT2D eigenvalue weighted by molar-refractivity contribution is 0.340. The minimum absolute atomic E-state index is 0.259. The summed E-state index contributed by atoms with van der Waals surface area (Å²) in [5.41, 5.74) is 0.956. The molecule has 3 heteroatoms. The zero-order valence-electron chi connectivity index (χ0n) is 6.81. The Morgan fingerprint density at radius 1 is 1.50 bits per heavy atom. The molecule has 0 saturated heterocycles. The topological polar surface area (TPSA) is 9.23 Å². The van der Waals surface area contributed by atoms with Crippen LogP contribution >= 0.6 is 15.9 Å². The first-order chi connectivity index (χ1) is 5.74. The molecule has 0 radical (unpaired) electrons. The lowest BCUT2D eigenvalue weighted by atomic mass is 10.2. The lowest BCUT2D eigenvalue weighted by Gasteiger charge is -2.06. The number of ether oxygens (including phenoxy) is 1. The number of alkyl halides is 1. The Morgan fingerprint density at radius 3 is 2.92 bits per heavy atom. The monoisotopic (exact) mass is 232 g/mol. The highest BCUT2D eigenvalue weighted by Crippen LogP contribution is 2.18. The van der Waals surface area contributed by atoms with Gasteiger partial charge in [0.1, 0.15) is 11.6 Å². The molecule has 0 heterocycles. The summed E-state index contributed by atoms with van der Waals surface area (Å²) in [6, 6.07) is 4.53. The number of aryl methyl sites for hydroxylation is 1. The Labute approximate surface area is 79.7 Å². The number of hydrogen-bond acceptors (Lipinski definition) is 1. The highest BCUT2D eigenvalue weighted by molar-refractivity contribution is 9.09. The molecule has 0 atom stereocenters. The van der Waals surface area contributed by atoms with Gasteiger partial charge in [-0.3, -0.25) is 0 Å². The van der Waals surface area contributed by atoms with E-state index in [-0.39, 0.29) is 5.82 Å². The maximum atomic E-state index is 12.7. The Bertz CT molecular complexity index is 263. The second-order valence-electron chi connectivity index (χ2n) is 2.45. The quantitative estimate of drug-likeness (QED) is 0.729. The van der Waals surface area contributed by atoms with Crippen molar-refractivity contribution in [3.05, 3.63) is 29.6 Å². The van der Waals surface area contributed by atoms with Crippen LogP contribution in [0.15, 0.2) is 18.2 Å². The molecule has 1 rings (SSSR count). The molecule has 1 aromatic carbocycles. The summed E-state index contributed by atoms with van der Waals surface area (Å²) in [4.78, 5) is 0. The predicted octanol–water partition coefficient (Wildman–Crippen LogP) is 2.91. The fourth-order valence-electron chi connectivity index (χ4n) is 0.878. The van der Waals surface area contributed by atoms with Crippen LogP contribution in [-0.2, 0) is 0 Å². The molecule has 0 aliphatic carbocycles. The van der Waals surface area contributed by atoms with Crippen LogP contribution in [0.5, 0.6) is 5.75 Å². The normalized spacial score (nSPS) is 9.92. The van der Waals surface area contributed by atoms with E-state index in [0.717, 1.165) is 10.9 Å². The van der Waals surface area contributed by atoms with Gasteiger partial charge in [0.25, 0.3) is 0 Å². The molecular weight excluding hydrogens is 223 g/mol. The van der Waals surface area contributed by atoms with Gasteiger partial charge in [0.15, 0.2) is 0 Å². The van der Waals surface area contributed by atoms with E-state index < -0.39 is 0 Å². The van der Waals surface area contributed by atoms with Crippen molar-refractivity contribution in [1.82, 2.24) is 0 Å². The van der Waals surface area contributed by atoms with Gasteiger partial charge in [-0.05, 0) is 18.6 Å². The van der Waals surface area contributed by atoms with E-state index in [1.54, 1.807) is 6.07 Å². The van der Waals surface area contributed by atoms with Crippen LogP contribution in [0.1, 0.15) is 5.56 Å². The van der Waals surface area contributed by atoms with Gasteiger partial charge < -0.3 is 4.74 Å². The summed E-state index contributed by atoms with van der Waals surface area (Å²) in [6.07, 6.45) is 0. The summed E-state index contributed by atoms with van der Waals surface area (Å²) < 4.78 is 18.0. The summed E-state index contributed by atoms with van der Waals surface area (Å²) in [5.74, 6) is 0.361. The standard InChI is InChI=1S/C9H10BrFO/c1-7-2-3-8(11)6-9(7)12-5-4-10/h2-3,6H,4-5H2,1H3. The number of rotatable bonds is 3. The average molecular weight is 233 g/mol. The van der Waals surface area contributed by atoms with Gasteiger partial charge in [-0.2, -0.15) is 0 Å². The lowest BCUT2D eigenvalue weighted by Crippen LogP contribution is -1.99. The van der Waals surface area contributed by atoms with Gasteiger partial charge in [-0.25, -0.2) is 4.39 Å². The molecule has 1 aromatic rings. The minimum Gasteiger partial charge on any atom is -0.492 e. The molecule has 0 saturated carbocycles. The summed E-state index contributed by atoms with van der Waals surface area (Å²) >= 11 is 3.23. The van der Waals surface area contributed by atoms with Crippen LogP contribution in [0.4, 0.5) is 4.39 Å². The minimum atomic E-state index is -0.259. The Hall–Kier alpha value is -0.570. The van der Waals surface area contributed by atoms with Crippen LogP contribution < -0.4 is 4.74 Å². The summed E-state index contributed by atoms with van der Waals surface area (Å²) in [7, 11) is 0. The molecular formula is C9H10BrFO. The van der Waals surface area contributed by atoms with E-state index in [1.807, 2.05) is 6.92 Å². The molecule has 66 valence electrons. The third kappa shape index (κ3) is 2.48. The van der Waals surface area contributed by atoms with Gasteiger partial charge in [-0.15, -0.1) is 0 Å². The molecule has 0 unspecified atom stereocenters. The maximum absolute atomic E-state index is 12.7. The van der Waals surface area contributed by atoms with Gasteiger partial charge in [0.2, 0.25) is 0 Å². The third-order valence-corrected chi connectivity index (χ3v) is 1.81. The summed E-state index contributed by atoms with van der Waals surface area (Å²) in [6.45, 7) is 2.45. The van der Waals surface area contributed by atoms with Gasteiger partial charge in [-0.1, -0.05) is 22.0 Å². The largest absolute Gasteiger partial charge is 0.492 e. The Balaban J connectivity index is 2.75. The SMILES string of the molecule is Cc1ccc(F)cc1OCCBr. The first kappa shape index (κ1) is 9.52. The van der Waals surface area contributed by atoms with E-state index in [9.17, 15) is 4.39 Å². The highest BCUT2D eigenvalue weighted by Gasteiger charge is 1.99. The van der Waals surface area contributed by atoms with Crippen molar-refractivity contribution in [3.63, 3.8) is 0 Å². The first-order valence-corrected chi connectivity index (χ1v) is 4.81. The molecule has 0 N–H and O–H groups in total. The van der Waals surface area contributed by atoms with Crippen molar-refractivity contribution in [2.45, 2.75) is 6.92 Å².